The Kier molecular flexibility index (Phi) is 6.41. The van der Waals surface area contributed by atoms with Crippen LogP contribution < -0.4 is 24.7 Å². The average Bonchev–Trinajstić information content (AvgIpc) is 2.57. The van der Waals surface area contributed by atoms with Crippen molar-refractivity contribution in [3.05, 3.63) is 42.5 Å². The molecular weight excluding hydrogens is 294 g/mol. The van der Waals surface area contributed by atoms with E-state index in [0.717, 1.165) is 17.9 Å². The molecule has 5 nitrogen and oxygen atoms in total. The third-order valence-corrected chi connectivity index (χ3v) is 3.14. The van der Waals surface area contributed by atoms with Crippen LogP contribution in [0.1, 0.15) is 13.3 Å². The highest BCUT2D eigenvalue weighted by molar-refractivity contribution is 5.51. The molecule has 0 saturated heterocycles. The molecule has 124 valence electrons. The standard InChI is InChI=1S/C18H23NO4/c1-3-21-15-7-4-5-8-16(15)22-11-6-12-23-17-10-9-14(19)13-18(17)20-2/h4-5,7-10,13H,3,6,11-12,19H2,1-2H3. The molecule has 2 N–H and O–H groups in total. The number of benzene rings is 2. The van der Waals surface area contributed by atoms with Gasteiger partial charge in [0.15, 0.2) is 23.0 Å². The Morgan fingerprint density at radius 3 is 2.04 bits per heavy atom. The SMILES string of the molecule is CCOc1ccccc1OCCCOc1ccc(N)cc1OC. The van der Waals surface area contributed by atoms with Gasteiger partial charge in [0.05, 0.1) is 26.9 Å². The van der Waals surface area contributed by atoms with Crippen molar-refractivity contribution < 1.29 is 18.9 Å². The second-order valence-electron chi connectivity index (χ2n) is 4.84. The van der Waals surface area contributed by atoms with Gasteiger partial charge in [-0.3, -0.25) is 0 Å². The van der Waals surface area contributed by atoms with Gasteiger partial charge in [-0.25, -0.2) is 0 Å². The summed E-state index contributed by atoms with van der Waals surface area (Å²) >= 11 is 0. The minimum atomic E-state index is 0.525. The number of methoxy groups -OCH3 is 1. The van der Waals surface area contributed by atoms with Crippen LogP contribution in [0.2, 0.25) is 0 Å². The lowest BCUT2D eigenvalue weighted by Crippen LogP contribution is -2.06. The van der Waals surface area contributed by atoms with E-state index in [1.165, 1.54) is 0 Å². The van der Waals surface area contributed by atoms with Gasteiger partial charge in [-0.15, -0.1) is 0 Å². The molecule has 0 amide bonds. The molecule has 2 aromatic carbocycles. The topological polar surface area (TPSA) is 62.9 Å². The van der Waals surface area contributed by atoms with Crippen molar-refractivity contribution in [3.63, 3.8) is 0 Å². The number of hydrogen-bond donors (Lipinski definition) is 1. The monoisotopic (exact) mass is 317 g/mol. The zero-order valence-corrected chi connectivity index (χ0v) is 13.6. The summed E-state index contributed by atoms with van der Waals surface area (Å²) in [5.41, 5.74) is 6.36. The van der Waals surface area contributed by atoms with Crippen LogP contribution in [0.3, 0.4) is 0 Å². The maximum absolute atomic E-state index is 5.75. The van der Waals surface area contributed by atoms with E-state index in [1.807, 2.05) is 31.2 Å². The highest BCUT2D eigenvalue weighted by atomic mass is 16.5. The smallest absolute Gasteiger partial charge is 0.162 e. The maximum Gasteiger partial charge on any atom is 0.162 e. The summed E-state index contributed by atoms with van der Waals surface area (Å²) in [6.07, 6.45) is 0.744. The van der Waals surface area contributed by atoms with E-state index in [1.54, 1.807) is 25.3 Å². The van der Waals surface area contributed by atoms with E-state index in [-0.39, 0.29) is 0 Å². The predicted octanol–water partition coefficient (Wildman–Crippen LogP) is 3.52. The first-order valence-electron chi connectivity index (χ1n) is 7.65. The molecule has 0 aromatic heterocycles. The second kappa shape index (κ2) is 8.78. The van der Waals surface area contributed by atoms with E-state index in [9.17, 15) is 0 Å². The van der Waals surface area contributed by atoms with Crippen LogP contribution in [-0.4, -0.2) is 26.9 Å². The summed E-state index contributed by atoms with van der Waals surface area (Å²) < 4.78 is 22.2. The maximum atomic E-state index is 5.75. The summed E-state index contributed by atoms with van der Waals surface area (Å²) in [5.74, 6) is 2.82. The Morgan fingerprint density at radius 2 is 1.43 bits per heavy atom. The Balaban J connectivity index is 1.78. The lowest BCUT2D eigenvalue weighted by molar-refractivity contribution is 0.231. The summed E-state index contributed by atoms with van der Waals surface area (Å²) in [4.78, 5) is 0. The Bertz CT molecular complexity index is 616. The fourth-order valence-electron chi connectivity index (χ4n) is 2.07. The Morgan fingerprint density at radius 1 is 0.826 bits per heavy atom. The molecule has 0 saturated carbocycles. The van der Waals surface area contributed by atoms with Gasteiger partial charge < -0.3 is 24.7 Å². The van der Waals surface area contributed by atoms with Crippen LogP contribution in [0, 0.1) is 0 Å². The summed E-state index contributed by atoms with van der Waals surface area (Å²) in [6.45, 7) is 3.63. The van der Waals surface area contributed by atoms with Gasteiger partial charge in [-0.1, -0.05) is 12.1 Å². The first kappa shape index (κ1) is 16.8. The zero-order valence-electron chi connectivity index (χ0n) is 13.6. The predicted molar refractivity (Wildman–Crippen MR) is 90.6 cm³/mol. The molecule has 0 atom stereocenters. The number of ether oxygens (including phenoxy) is 4. The lowest BCUT2D eigenvalue weighted by atomic mass is 10.3. The molecule has 2 rings (SSSR count). The van der Waals surface area contributed by atoms with E-state index in [2.05, 4.69) is 0 Å². The lowest BCUT2D eigenvalue weighted by Gasteiger charge is -2.13. The first-order chi connectivity index (χ1) is 11.2. The van der Waals surface area contributed by atoms with Crippen LogP contribution in [0.15, 0.2) is 42.5 Å². The molecule has 0 radical (unpaired) electrons. The van der Waals surface area contributed by atoms with Gasteiger partial charge in [0.25, 0.3) is 0 Å². The molecule has 2 aromatic rings. The van der Waals surface area contributed by atoms with Gasteiger partial charge in [0.1, 0.15) is 0 Å². The molecule has 23 heavy (non-hydrogen) atoms. The Labute approximate surface area is 136 Å². The third kappa shape index (κ3) is 4.98. The molecule has 0 bridgehead atoms. The van der Waals surface area contributed by atoms with E-state index < -0.39 is 0 Å². The minimum absolute atomic E-state index is 0.525. The number of hydrogen-bond acceptors (Lipinski definition) is 5. The van der Waals surface area contributed by atoms with Gasteiger partial charge >= 0.3 is 0 Å². The van der Waals surface area contributed by atoms with Gasteiger partial charge in [0, 0.05) is 18.2 Å². The molecule has 0 aliphatic rings. The second-order valence-corrected chi connectivity index (χ2v) is 4.84. The Hall–Kier alpha value is -2.56. The fourth-order valence-corrected chi connectivity index (χ4v) is 2.07. The minimum Gasteiger partial charge on any atom is -0.493 e. The molecular formula is C18H23NO4. The van der Waals surface area contributed by atoms with E-state index in [0.29, 0.717) is 37.0 Å². The first-order valence-corrected chi connectivity index (χ1v) is 7.65. The van der Waals surface area contributed by atoms with E-state index in [4.69, 9.17) is 24.7 Å². The number of rotatable bonds is 9. The number of para-hydroxylation sites is 2. The highest BCUT2D eigenvalue weighted by Crippen LogP contribution is 2.29. The molecule has 5 heteroatoms. The van der Waals surface area contributed by atoms with Crippen molar-refractivity contribution in [3.8, 4) is 23.0 Å². The molecule has 0 fully saturated rings. The molecule has 0 heterocycles. The van der Waals surface area contributed by atoms with Crippen LogP contribution in [0.4, 0.5) is 5.69 Å². The van der Waals surface area contributed by atoms with Crippen molar-refractivity contribution in [2.24, 2.45) is 0 Å². The average molecular weight is 317 g/mol. The van der Waals surface area contributed by atoms with Crippen LogP contribution in [-0.2, 0) is 0 Å². The molecule has 0 aliphatic heterocycles. The zero-order chi connectivity index (χ0) is 16.5. The number of nitrogens with two attached hydrogens (primary N) is 1. The fraction of sp³-hybridized carbons (Fsp3) is 0.333. The molecule has 0 spiro atoms. The van der Waals surface area contributed by atoms with Crippen molar-refractivity contribution in [2.75, 3.05) is 32.7 Å². The quantitative estimate of drug-likeness (QED) is 0.566. The van der Waals surface area contributed by atoms with Crippen molar-refractivity contribution in [1.82, 2.24) is 0 Å². The molecule has 0 aliphatic carbocycles. The summed E-state index contributed by atoms with van der Waals surface area (Å²) in [6, 6.07) is 13.0. The van der Waals surface area contributed by atoms with Crippen molar-refractivity contribution >= 4 is 5.69 Å². The summed E-state index contributed by atoms with van der Waals surface area (Å²) in [5, 5.41) is 0. The molecule has 0 unspecified atom stereocenters. The van der Waals surface area contributed by atoms with Gasteiger partial charge in [-0.05, 0) is 31.2 Å². The summed E-state index contributed by atoms with van der Waals surface area (Å²) in [7, 11) is 1.59. The van der Waals surface area contributed by atoms with Gasteiger partial charge in [-0.2, -0.15) is 0 Å². The number of nitrogen functional groups attached to an aromatic ring is 1. The van der Waals surface area contributed by atoms with E-state index >= 15 is 0 Å². The van der Waals surface area contributed by atoms with Crippen molar-refractivity contribution in [1.29, 1.82) is 0 Å². The normalized spacial score (nSPS) is 10.2. The number of anilines is 1. The van der Waals surface area contributed by atoms with Crippen LogP contribution in [0.25, 0.3) is 0 Å². The third-order valence-electron chi connectivity index (χ3n) is 3.14. The largest absolute Gasteiger partial charge is 0.493 e. The van der Waals surface area contributed by atoms with Crippen molar-refractivity contribution in [2.45, 2.75) is 13.3 Å². The van der Waals surface area contributed by atoms with Crippen LogP contribution in [0.5, 0.6) is 23.0 Å². The highest BCUT2D eigenvalue weighted by Gasteiger charge is 2.05. The van der Waals surface area contributed by atoms with Crippen LogP contribution >= 0.6 is 0 Å². The van der Waals surface area contributed by atoms with Gasteiger partial charge in [0.2, 0.25) is 0 Å².